The summed E-state index contributed by atoms with van der Waals surface area (Å²) in [6, 6.07) is 10.9. The summed E-state index contributed by atoms with van der Waals surface area (Å²) in [7, 11) is 3.35. The van der Waals surface area contributed by atoms with Crippen molar-refractivity contribution in [3.63, 3.8) is 0 Å². The number of carbonyl (C=O) groups excluding carboxylic acids is 3. The Morgan fingerprint density at radius 2 is 1.61 bits per heavy atom. The molecule has 6 heterocycles. The molecule has 0 radical (unpaired) electrons. The van der Waals surface area contributed by atoms with Crippen molar-refractivity contribution in [3.05, 3.63) is 81.5 Å². The Bertz CT molecular complexity index is 2390. The molecular weight excluding hydrogens is 777 g/mol. The lowest BCUT2D eigenvalue weighted by atomic mass is 9.61. The summed E-state index contributed by atoms with van der Waals surface area (Å²) in [5, 5.41) is 14.2. The number of imide groups is 1. The van der Waals surface area contributed by atoms with Gasteiger partial charge in [0.25, 0.3) is 11.5 Å². The van der Waals surface area contributed by atoms with Crippen molar-refractivity contribution < 1.29 is 33.7 Å². The number of benzene rings is 2. The summed E-state index contributed by atoms with van der Waals surface area (Å²) < 4.78 is 18.3. The normalized spacial score (nSPS) is 21.4. The molecule has 3 saturated heterocycles. The Morgan fingerprint density at radius 3 is 2.28 bits per heavy atom. The highest BCUT2D eigenvalue weighted by atomic mass is 16.5. The second kappa shape index (κ2) is 16.2. The highest BCUT2D eigenvalue weighted by Crippen LogP contribution is 2.51. The lowest BCUT2D eigenvalue weighted by molar-refractivity contribution is -0.136. The van der Waals surface area contributed by atoms with Crippen LogP contribution in [0, 0.1) is 11.3 Å². The average molecular weight is 833 g/mol. The fraction of sp³-hybridized carbons (Fsp3) is 0.511. The number of rotatable bonds is 11. The van der Waals surface area contributed by atoms with Crippen molar-refractivity contribution in [2.75, 3.05) is 46.9 Å². The molecule has 1 saturated carbocycles. The number of nitrogens with one attached hydrogen (secondary N) is 2. The molecule has 9 rings (SSSR count). The van der Waals surface area contributed by atoms with E-state index in [2.05, 4.69) is 25.1 Å². The van der Waals surface area contributed by atoms with Crippen LogP contribution < -0.4 is 25.1 Å². The second-order valence-electron chi connectivity index (χ2n) is 18.5. The van der Waals surface area contributed by atoms with Gasteiger partial charge in [-0.1, -0.05) is 6.07 Å². The number of likely N-dealkylation sites (tertiary alicyclic amines) is 2. The van der Waals surface area contributed by atoms with Crippen LogP contribution in [-0.4, -0.2) is 107 Å². The molecule has 1 spiro atoms. The lowest BCUT2D eigenvalue weighted by Crippen LogP contribution is -2.52. The molecule has 1 atom stereocenters. The van der Waals surface area contributed by atoms with Gasteiger partial charge in [-0.25, -0.2) is 0 Å². The van der Waals surface area contributed by atoms with Crippen molar-refractivity contribution in [3.8, 4) is 28.4 Å². The molecule has 61 heavy (non-hydrogen) atoms. The molecule has 3 N–H and O–H groups in total. The Morgan fingerprint density at radius 1 is 0.885 bits per heavy atom. The quantitative estimate of drug-likeness (QED) is 0.172. The smallest absolute Gasteiger partial charge is 0.257 e. The molecule has 4 fully saturated rings. The minimum absolute atomic E-state index is 0.138. The van der Waals surface area contributed by atoms with Gasteiger partial charge in [0.2, 0.25) is 11.8 Å². The number of nitrogens with zero attached hydrogens (tertiary/aromatic N) is 4. The second-order valence-corrected chi connectivity index (χ2v) is 18.5. The maximum absolute atomic E-state index is 13.3. The number of H-pyrrole nitrogens is 1. The van der Waals surface area contributed by atoms with Crippen molar-refractivity contribution in [1.29, 1.82) is 0 Å². The van der Waals surface area contributed by atoms with Crippen LogP contribution >= 0.6 is 0 Å². The molecule has 5 aliphatic rings. The summed E-state index contributed by atoms with van der Waals surface area (Å²) >= 11 is 0. The Labute approximate surface area is 355 Å². The van der Waals surface area contributed by atoms with Crippen molar-refractivity contribution in [2.24, 2.45) is 11.3 Å². The molecule has 1 unspecified atom stereocenters. The number of pyridine rings is 2. The Hall–Kier alpha value is -5.31. The predicted octanol–water partition coefficient (Wildman–Crippen LogP) is 5.13. The summed E-state index contributed by atoms with van der Waals surface area (Å²) in [6.45, 7) is 9.76. The van der Waals surface area contributed by atoms with Gasteiger partial charge in [0.1, 0.15) is 28.9 Å². The van der Waals surface area contributed by atoms with E-state index in [-0.39, 0.29) is 29.9 Å². The number of aromatic amines is 1. The van der Waals surface area contributed by atoms with Crippen LogP contribution in [0.4, 0.5) is 0 Å². The van der Waals surface area contributed by atoms with E-state index >= 15 is 0 Å². The van der Waals surface area contributed by atoms with E-state index < -0.39 is 17.6 Å². The molecular formula is C47H56N6O8. The van der Waals surface area contributed by atoms with E-state index in [1.807, 2.05) is 30.3 Å². The fourth-order valence-electron chi connectivity index (χ4n) is 10.3. The molecule has 14 heteroatoms. The molecule has 14 nitrogen and oxygen atoms in total. The number of aromatic nitrogens is 2. The van der Waals surface area contributed by atoms with Crippen molar-refractivity contribution >= 4 is 28.5 Å². The van der Waals surface area contributed by atoms with Gasteiger partial charge in [0, 0.05) is 49.6 Å². The minimum atomic E-state index is -1.17. The van der Waals surface area contributed by atoms with E-state index in [1.165, 1.54) is 19.0 Å². The van der Waals surface area contributed by atoms with Crippen LogP contribution in [0.1, 0.15) is 92.4 Å². The first kappa shape index (κ1) is 41.1. The number of methoxy groups -OCH3 is 2. The lowest BCUT2D eigenvalue weighted by Gasteiger charge is -2.52. The molecule has 2 aromatic heterocycles. The summed E-state index contributed by atoms with van der Waals surface area (Å²) in [5.41, 5.74) is 3.48. The number of hydrogen-bond donors (Lipinski definition) is 3. The van der Waals surface area contributed by atoms with Crippen LogP contribution in [0.5, 0.6) is 17.2 Å². The number of piperidine rings is 3. The maximum atomic E-state index is 13.3. The third kappa shape index (κ3) is 8.13. The van der Waals surface area contributed by atoms with Crippen molar-refractivity contribution in [1.82, 2.24) is 30.0 Å². The summed E-state index contributed by atoms with van der Waals surface area (Å²) in [6.07, 6.45) is 10.6. The first-order valence-corrected chi connectivity index (χ1v) is 21.7. The van der Waals surface area contributed by atoms with Gasteiger partial charge < -0.3 is 34.1 Å². The van der Waals surface area contributed by atoms with Gasteiger partial charge >= 0.3 is 0 Å². The van der Waals surface area contributed by atoms with E-state index in [0.29, 0.717) is 58.6 Å². The summed E-state index contributed by atoms with van der Waals surface area (Å²) in [5.74, 6) is 1.94. The molecule has 4 aliphatic heterocycles. The SMILES string of the molecule is COc1cc(-c2c[nH]c(=O)c3cnc(C(C)(C)O)cc23)cc(OC)c1CN1CCC(CN2CCC3(CC2)CC(Oc2ccc4c(c2)C(=O)N(C2CCC(=O)NC2=O)C4)C3)CC1. The molecule has 322 valence electrons. The molecule has 2 aromatic carbocycles. The first-order valence-electron chi connectivity index (χ1n) is 21.7. The van der Waals surface area contributed by atoms with Crippen molar-refractivity contribution in [2.45, 2.75) is 96.1 Å². The fourth-order valence-corrected chi connectivity index (χ4v) is 10.3. The van der Waals surface area contributed by atoms with Crippen LogP contribution in [-0.2, 0) is 28.3 Å². The number of carbonyl (C=O) groups is 3. The molecule has 1 aliphatic carbocycles. The van der Waals surface area contributed by atoms with Gasteiger partial charge in [-0.3, -0.25) is 34.4 Å². The standard InChI is InChI=1S/C47H56N6O8/c1-46(2,58)41-20-34-35(23-49-43(55)36(34)24-48-41)30-17-39(59-3)37(40(18-30)60-4)27-51-13-9-28(10-14-51)25-52-15-11-47(12-16-52)21-32(22-47)61-31-6-5-29-26-53(45(57)33(29)19-31)38-7-8-42(54)50-44(38)56/h5-6,17-20,23-24,28,32,38,58H,7-16,21-22,25-27H2,1-4H3,(H,49,55)(H,50,54,56). The van der Waals surface area contributed by atoms with E-state index in [1.54, 1.807) is 45.2 Å². The highest BCUT2D eigenvalue weighted by molar-refractivity contribution is 6.05. The zero-order valence-corrected chi connectivity index (χ0v) is 35.6. The van der Waals surface area contributed by atoms with Gasteiger partial charge in [0.05, 0.1) is 37.0 Å². The third-order valence-electron chi connectivity index (χ3n) is 14.0. The largest absolute Gasteiger partial charge is 0.496 e. The van der Waals surface area contributed by atoms with E-state index in [9.17, 15) is 24.3 Å². The third-order valence-corrected chi connectivity index (χ3v) is 14.0. The minimum Gasteiger partial charge on any atom is -0.496 e. The predicted molar refractivity (Wildman–Crippen MR) is 228 cm³/mol. The van der Waals surface area contributed by atoms with Crippen LogP contribution in [0.3, 0.4) is 0 Å². The summed E-state index contributed by atoms with van der Waals surface area (Å²) in [4.78, 5) is 64.0. The zero-order chi connectivity index (χ0) is 42.6. The van der Waals surface area contributed by atoms with Gasteiger partial charge in [0.15, 0.2) is 0 Å². The number of ether oxygens (including phenoxy) is 3. The number of amides is 3. The highest BCUT2D eigenvalue weighted by Gasteiger charge is 2.47. The number of hydrogen-bond acceptors (Lipinski definition) is 11. The van der Waals surface area contributed by atoms with Gasteiger partial charge in [-0.2, -0.15) is 0 Å². The first-order chi connectivity index (χ1) is 29.3. The van der Waals surface area contributed by atoms with Crippen LogP contribution in [0.2, 0.25) is 0 Å². The van der Waals surface area contributed by atoms with E-state index in [0.717, 1.165) is 92.2 Å². The van der Waals surface area contributed by atoms with Gasteiger partial charge in [-0.05, 0) is 143 Å². The molecule has 3 amide bonds. The van der Waals surface area contributed by atoms with Crippen LogP contribution in [0.25, 0.3) is 21.9 Å². The van der Waals surface area contributed by atoms with E-state index in [4.69, 9.17) is 14.2 Å². The monoisotopic (exact) mass is 832 g/mol. The Kier molecular flexibility index (Phi) is 10.9. The molecule has 4 aromatic rings. The maximum Gasteiger partial charge on any atom is 0.257 e. The average Bonchev–Trinajstić information content (AvgIpc) is 3.56. The molecule has 0 bridgehead atoms. The van der Waals surface area contributed by atoms with Crippen LogP contribution in [0.15, 0.2) is 53.6 Å². The zero-order valence-electron chi connectivity index (χ0n) is 35.6. The number of aliphatic hydroxyl groups is 1. The topological polar surface area (TPSA) is 167 Å². The number of fused-ring (bicyclic) bond motifs is 2. The van der Waals surface area contributed by atoms with Gasteiger partial charge in [-0.15, -0.1) is 0 Å². The Balaban J connectivity index is 0.755.